The van der Waals surface area contributed by atoms with E-state index in [-0.39, 0.29) is 17.7 Å². The lowest BCUT2D eigenvalue weighted by Crippen LogP contribution is -2.30. The van der Waals surface area contributed by atoms with Gasteiger partial charge in [0, 0.05) is 0 Å². The highest BCUT2D eigenvalue weighted by molar-refractivity contribution is 6.15. The first-order valence-corrected chi connectivity index (χ1v) is 5.49. The van der Waals surface area contributed by atoms with E-state index in [2.05, 4.69) is 5.32 Å². The highest BCUT2D eigenvalue weighted by Crippen LogP contribution is 2.57. The van der Waals surface area contributed by atoms with Gasteiger partial charge in [0.25, 0.3) is 0 Å². The molecule has 2 atom stereocenters. The number of hydrogen-bond donors (Lipinski definition) is 1. The summed E-state index contributed by atoms with van der Waals surface area (Å²) in [6.07, 6.45) is 0.681. The summed E-state index contributed by atoms with van der Waals surface area (Å²) in [4.78, 5) is 23.2. The molecular weight excluding hydrogens is 202 g/mol. The van der Waals surface area contributed by atoms with E-state index in [0.717, 1.165) is 5.56 Å². The zero-order chi connectivity index (χ0) is 11.5. The average Bonchev–Trinajstić information content (AvgIpc) is 2.93. The van der Waals surface area contributed by atoms with E-state index in [9.17, 15) is 9.59 Å². The Labute approximate surface area is 93.8 Å². The van der Waals surface area contributed by atoms with Gasteiger partial charge in [0.15, 0.2) is 0 Å². The molecule has 0 aromatic heterocycles. The SMILES string of the molecule is Cc1ccc(C23CC2C(=O)NC3=O)cc1C. The van der Waals surface area contributed by atoms with E-state index in [4.69, 9.17) is 0 Å². The van der Waals surface area contributed by atoms with Crippen molar-refractivity contribution in [3.63, 3.8) is 0 Å². The van der Waals surface area contributed by atoms with Crippen molar-refractivity contribution in [1.82, 2.24) is 5.32 Å². The van der Waals surface area contributed by atoms with Crippen LogP contribution >= 0.6 is 0 Å². The second-order valence-corrected chi connectivity index (χ2v) is 4.85. The fourth-order valence-corrected chi connectivity index (χ4v) is 2.61. The number of fused-ring (bicyclic) bond motifs is 1. The Hall–Kier alpha value is -1.64. The van der Waals surface area contributed by atoms with Crippen LogP contribution in [-0.2, 0) is 15.0 Å². The third-order valence-corrected chi connectivity index (χ3v) is 3.94. The van der Waals surface area contributed by atoms with E-state index in [1.165, 1.54) is 11.1 Å². The van der Waals surface area contributed by atoms with Gasteiger partial charge < -0.3 is 0 Å². The molecule has 3 rings (SSSR count). The maximum absolute atomic E-state index is 11.8. The van der Waals surface area contributed by atoms with Crippen molar-refractivity contribution in [3.05, 3.63) is 34.9 Å². The topological polar surface area (TPSA) is 46.2 Å². The highest BCUT2D eigenvalue weighted by Gasteiger charge is 2.69. The van der Waals surface area contributed by atoms with Gasteiger partial charge in [0.05, 0.1) is 11.3 Å². The molecule has 1 heterocycles. The molecule has 0 bridgehead atoms. The van der Waals surface area contributed by atoms with Crippen molar-refractivity contribution in [2.24, 2.45) is 5.92 Å². The Balaban J connectivity index is 2.09. The van der Waals surface area contributed by atoms with Crippen LogP contribution in [0, 0.1) is 19.8 Å². The van der Waals surface area contributed by atoms with Crippen LogP contribution in [0.15, 0.2) is 18.2 Å². The predicted octanol–water partition coefficient (Wildman–Crippen LogP) is 1.22. The summed E-state index contributed by atoms with van der Waals surface area (Å²) in [5, 5.41) is 2.41. The first-order valence-electron chi connectivity index (χ1n) is 5.49. The van der Waals surface area contributed by atoms with Gasteiger partial charge in [-0.25, -0.2) is 0 Å². The van der Waals surface area contributed by atoms with Crippen LogP contribution in [0.2, 0.25) is 0 Å². The average molecular weight is 215 g/mol. The molecule has 2 amide bonds. The number of amides is 2. The lowest BCUT2D eigenvalue weighted by molar-refractivity contribution is -0.127. The molecule has 3 heteroatoms. The van der Waals surface area contributed by atoms with Gasteiger partial charge in [0.1, 0.15) is 0 Å². The molecule has 1 N–H and O–H groups in total. The molecule has 2 unspecified atom stereocenters. The van der Waals surface area contributed by atoms with E-state index in [1.54, 1.807) is 0 Å². The molecule has 2 fully saturated rings. The van der Waals surface area contributed by atoms with Crippen LogP contribution in [-0.4, -0.2) is 11.8 Å². The fraction of sp³-hybridized carbons (Fsp3) is 0.385. The van der Waals surface area contributed by atoms with Crippen LogP contribution < -0.4 is 5.32 Å². The second kappa shape index (κ2) is 2.73. The maximum atomic E-state index is 11.8. The number of imide groups is 1. The smallest absolute Gasteiger partial charge is 0.238 e. The number of benzene rings is 1. The van der Waals surface area contributed by atoms with Crippen molar-refractivity contribution in [1.29, 1.82) is 0 Å². The molecule has 0 radical (unpaired) electrons. The minimum absolute atomic E-state index is 0.108. The number of carbonyl (C=O) groups excluding carboxylic acids is 2. The van der Waals surface area contributed by atoms with E-state index < -0.39 is 5.41 Å². The Bertz CT molecular complexity index is 521. The molecule has 1 saturated heterocycles. The number of nitrogens with one attached hydrogen (secondary N) is 1. The molecule has 1 aliphatic carbocycles. The highest BCUT2D eigenvalue weighted by atomic mass is 16.2. The third kappa shape index (κ3) is 0.979. The van der Waals surface area contributed by atoms with E-state index >= 15 is 0 Å². The van der Waals surface area contributed by atoms with Gasteiger partial charge in [-0.2, -0.15) is 0 Å². The van der Waals surface area contributed by atoms with Crippen LogP contribution in [0.3, 0.4) is 0 Å². The summed E-state index contributed by atoms with van der Waals surface area (Å²) in [5.74, 6) is -0.351. The van der Waals surface area contributed by atoms with Gasteiger partial charge in [0.2, 0.25) is 11.8 Å². The summed E-state index contributed by atoms with van der Waals surface area (Å²) >= 11 is 0. The number of rotatable bonds is 1. The Kier molecular flexibility index (Phi) is 1.63. The monoisotopic (exact) mass is 215 g/mol. The van der Waals surface area contributed by atoms with Crippen LogP contribution in [0.1, 0.15) is 23.1 Å². The van der Waals surface area contributed by atoms with E-state index in [1.807, 2.05) is 32.0 Å². The summed E-state index contributed by atoms with van der Waals surface area (Å²) in [6.45, 7) is 4.07. The van der Waals surface area contributed by atoms with Gasteiger partial charge >= 0.3 is 0 Å². The lowest BCUT2D eigenvalue weighted by atomic mass is 9.91. The summed E-state index contributed by atoms with van der Waals surface area (Å²) in [7, 11) is 0. The molecule has 16 heavy (non-hydrogen) atoms. The quantitative estimate of drug-likeness (QED) is 0.716. The van der Waals surface area contributed by atoms with Gasteiger partial charge in [-0.1, -0.05) is 18.2 Å². The Morgan fingerprint density at radius 2 is 2.00 bits per heavy atom. The Morgan fingerprint density at radius 3 is 2.50 bits per heavy atom. The number of piperidine rings is 1. The zero-order valence-corrected chi connectivity index (χ0v) is 9.33. The predicted molar refractivity (Wildman–Crippen MR) is 58.9 cm³/mol. The first-order chi connectivity index (χ1) is 7.55. The zero-order valence-electron chi connectivity index (χ0n) is 9.33. The minimum Gasteiger partial charge on any atom is -0.295 e. The van der Waals surface area contributed by atoms with Crippen molar-refractivity contribution in [2.45, 2.75) is 25.7 Å². The summed E-state index contributed by atoms with van der Waals surface area (Å²) < 4.78 is 0. The van der Waals surface area contributed by atoms with Gasteiger partial charge in [-0.3, -0.25) is 14.9 Å². The van der Waals surface area contributed by atoms with Crippen LogP contribution in [0.4, 0.5) is 0 Å². The normalized spacial score (nSPS) is 31.2. The number of carbonyl (C=O) groups is 2. The Morgan fingerprint density at radius 1 is 1.25 bits per heavy atom. The van der Waals surface area contributed by atoms with Gasteiger partial charge in [-0.05, 0) is 37.0 Å². The van der Waals surface area contributed by atoms with Crippen LogP contribution in [0.5, 0.6) is 0 Å². The molecule has 2 aliphatic rings. The molecule has 0 spiro atoms. The van der Waals surface area contributed by atoms with Crippen molar-refractivity contribution >= 4 is 11.8 Å². The van der Waals surface area contributed by atoms with Crippen molar-refractivity contribution in [2.75, 3.05) is 0 Å². The molecule has 1 aromatic rings. The number of aryl methyl sites for hydroxylation is 2. The number of hydrogen-bond acceptors (Lipinski definition) is 2. The summed E-state index contributed by atoms with van der Waals surface area (Å²) in [6, 6.07) is 6.03. The molecule has 3 nitrogen and oxygen atoms in total. The maximum Gasteiger partial charge on any atom is 0.238 e. The second-order valence-electron chi connectivity index (χ2n) is 4.85. The van der Waals surface area contributed by atoms with Gasteiger partial charge in [-0.15, -0.1) is 0 Å². The van der Waals surface area contributed by atoms with Crippen molar-refractivity contribution < 1.29 is 9.59 Å². The summed E-state index contributed by atoms with van der Waals surface area (Å²) in [5.41, 5.74) is 2.84. The lowest BCUT2D eigenvalue weighted by Gasteiger charge is -2.11. The van der Waals surface area contributed by atoms with Crippen LogP contribution in [0.25, 0.3) is 0 Å². The first kappa shape index (κ1) is 9.58. The molecular formula is C13H13NO2. The molecule has 1 saturated carbocycles. The molecule has 1 aromatic carbocycles. The van der Waals surface area contributed by atoms with E-state index in [0.29, 0.717) is 6.42 Å². The molecule has 1 aliphatic heterocycles. The third-order valence-electron chi connectivity index (χ3n) is 3.94. The minimum atomic E-state index is -0.532. The standard InChI is InChI=1S/C13H13NO2/c1-7-3-4-9(5-8(7)2)13-6-10(13)11(15)14-12(13)16/h3-5,10H,6H2,1-2H3,(H,14,15,16). The van der Waals surface area contributed by atoms with Crippen molar-refractivity contribution in [3.8, 4) is 0 Å². The largest absolute Gasteiger partial charge is 0.295 e. The molecule has 82 valence electrons. The fourth-order valence-electron chi connectivity index (χ4n) is 2.61.